The Morgan fingerprint density at radius 1 is 0.311 bits per heavy atom. The SMILES string of the molecule is c1ccc(-c2ccc(-c3cc(-c4ccc(-c5c(-c6ccccc6)oc6c5c(-c5ccccc5)nc5ccccc56)cc4)nc(-c4ccc(-c5ccccc5)cc4)n3)cc2)cc1. The maximum absolute atomic E-state index is 6.97. The molecule has 3 aromatic heterocycles. The fourth-order valence-corrected chi connectivity index (χ4v) is 8.25. The molecule has 0 spiro atoms. The van der Waals surface area contributed by atoms with Crippen LogP contribution >= 0.6 is 0 Å². The number of para-hydroxylation sites is 1. The first-order valence-electron chi connectivity index (χ1n) is 20.5. The van der Waals surface area contributed by atoms with E-state index < -0.39 is 0 Å². The molecule has 0 amide bonds. The minimum absolute atomic E-state index is 0.668. The molecular formula is C57H37N3O. The Bertz CT molecular complexity index is 3190. The summed E-state index contributed by atoms with van der Waals surface area (Å²) in [6.45, 7) is 0. The van der Waals surface area contributed by atoms with Crippen molar-refractivity contribution in [3.8, 4) is 89.9 Å². The van der Waals surface area contributed by atoms with Crippen molar-refractivity contribution in [2.24, 2.45) is 0 Å². The molecule has 0 saturated carbocycles. The minimum atomic E-state index is 0.668. The predicted octanol–water partition coefficient (Wildman–Crippen LogP) is 15.1. The van der Waals surface area contributed by atoms with Crippen molar-refractivity contribution in [2.75, 3.05) is 0 Å². The third-order valence-corrected chi connectivity index (χ3v) is 11.3. The molecule has 0 aliphatic carbocycles. The van der Waals surface area contributed by atoms with Gasteiger partial charge in [-0.25, -0.2) is 15.0 Å². The molecule has 11 rings (SSSR count). The van der Waals surface area contributed by atoms with Crippen LogP contribution in [-0.2, 0) is 0 Å². The zero-order valence-electron chi connectivity index (χ0n) is 33.1. The molecule has 11 aromatic rings. The topological polar surface area (TPSA) is 51.8 Å². The average molecular weight is 780 g/mol. The largest absolute Gasteiger partial charge is 0.455 e. The molecule has 3 heterocycles. The number of benzene rings is 8. The molecule has 0 unspecified atom stereocenters. The summed E-state index contributed by atoms with van der Waals surface area (Å²) in [6, 6.07) is 77.8. The van der Waals surface area contributed by atoms with Crippen LogP contribution in [0, 0.1) is 0 Å². The van der Waals surface area contributed by atoms with Crippen molar-refractivity contribution in [1.82, 2.24) is 15.0 Å². The Morgan fingerprint density at radius 2 is 0.721 bits per heavy atom. The first-order valence-corrected chi connectivity index (χ1v) is 20.5. The van der Waals surface area contributed by atoms with Crippen molar-refractivity contribution >= 4 is 21.9 Å². The Labute approximate surface area is 354 Å². The van der Waals surface area contributed by atoms with E-state index in [0.717, 1.165) is 94.8 Å². The number of furan rings is 1. The predicted molar refractivity (Wildman–Crippen MR) is 251 cm³/mol. The van der Waals surface area contributed by atoms with Gasteiger partial charge in [0.05, 0.1) is 28.0 Å². The molecule has 0 atom stereocenters. The van der Waals surface area contributed by atoms with Crippen molar-refractivity contribution in [2.45, 2.75) is 0 Å². The third-order valence-electron chi connectivity index (χ3n) is 11.3. The third kappa shape index (κ3) is 6.86. The number of aromatic nitrogens is 3. The van der Waals surface area contributed by atoms with Crippen LogP contribution in [0.1, 0.15) is 0 Å². The van der Waals surface area contributed by atoms with Gasteiger partial charge in [0.15, 0.2) is 5.82 Å². The lowest BCUT2D eigenvalue weighted by Crippen LogP contribution is -1.96. The van der Waals surface area contributed by atoms with Crippen LogP contribution in [0.5, 0.6) is 0 Å². The van der Waals surface area contributed by atoms with Crippen LogP contribution in [0.2, 0.25) is 0 Å². The highest BCUT2D eigenvalue weighted by atomic mass is 16.3. The van der Waals surface area contributed by atoms with Gasteiger partial charge < -0.3 is 4.42 Å². The van der Waals surface area contributed by atoms with Gasteiger partial charge in [-0.15, -0.1) is 0 Å². The number of fused-ring (bicyclic) bond motifs is 3. The maximum Gasteiger partial charge on any atom is 0.160 e. The highest BCUT2D eigenvalue weighted by Gasteiger charge is 2.24. The van der Waals surface area contributed by atoms with Crippen LogP contribution in [0.4, 0.5) is 0 Å². The van der Waals surface area contributed by atoms with Crippen LogP contribution in [-0.4, -0.2) is 15.0 Å². The van der Waals surface area contributed by atoms with Crippen molar-refractivity contribution in [3.05, 3.63) is 224 Å². The van der Waals surface area contributed by atoms with Gasteiger partial charge in [0.1, 0.15) is 11.3 Å². The quantitative estimate of drug-likeness (QED) is 0.154. The number of pyridine rings is 1. The van der Waals surface area contributed by atoms with Crippen molar-refractivity contribution in [3.63, 3.8) is 0 Å². The van der Waals surface area contributed by atoms with Gasteiger partial charge in [0.2, 0.25) is 0 Å². The average Bonchev–Trinajstić information content (AvgIpc) is 3.76. The van der Waals surface area contributed by atoms with Crippen LogP contribution in [0.15, 0.2) is 229 Å². The summed E-state index contributed by atoms with van der Waals surface area (Å²) in [5.41, 5.74) is 16.0. The van der Waals surface area contributed by atoms with E-state index in [2.05, 4.69) is 188 Å². The molecule has 0 aliphatic heterocycles. The molecule has 0 saturated heterocycles. The van der Waals surface area contributed by atoms with Gasteiger partial charge >= 0.3 is 0 Å². The fourth-order valence-electron chi connectivity index (χ4n) is 8.25. The van der Waals surface area contributed by atoms with E-state index in [1.165, 1.54) is 11.1 Å². The number of rotatable bonds is 8. The molecule has 0 radical (unpaired) electrons. The van der Waals surface area contributed by atoms with Crippen molar-refractivity contribution < 1.29 is 4.42 Å². The smallest absolute Gasteiger partial charge is 0.160 e. The molecule has 4 nitrogen and oxygen atoms in total. The van der Waals surface area contributed by atoms with E-state index >= 15 is 0 Å². The molecular weight excluding hydrogens is 743 g/mol. The van der Waals surface area contributed by atoms with E-state index in [4.69, 9.17) is 19.4 Å². The highest BCUT2D eigenvalue weighted by molar-refractivity contribution is 6.16. The lowest BCUT2D eigenvalue weighted by atomic mass is 9.94. The summed E-state index contributed by atoms with van der Waals surface area (Å²) in [5.74, 6) is 1.48. The summed E-state index contributed by atoms with van der Waals surface area (Å²) in [5, 5.41) is 1.97. The summed E-state index contributed by atoms with van der Waals surface area (Å²) >= 11 is 0. The van der Waals surface area contributed by atoms with Crippen LogP contribution in [0.25, 0.3) is 112 Å². The summed E-state index contributed by atoms with van der Waals surface area (Å²) in [6.07, 6.45) is 0. The second-order valence-corrected chi connectivity index (χ2v) is 15.1. The first-order chi connectivity index (χ1) is 30.2. The lowest BCUT2D eigenvalue weighted by molar-refractivity contribution is 0.636. The lowest BCUT2D eigenvalue weighted by Gasteiger charge is -2.12. The zero-order chi connectivity index (χ0) is 40.5. The van der Waals surface area contributed by atoms with E-state index in [1.54, 1.807) is 0 Å². The Kier molecular flexibility index (Phi) is 9.14. The molecule has 286 valence electrons. The number of hydrogen-bond donors (Lipinski definition) is 0. The molecule has 0 N–H and O–H groups in total. The summed E-state index contributed by atoms with van der Waals surface area (Å²) in [4.78, 5) is 15.7. The Morgan fingerprint density at radius 3 is 1.26 bits per heavy atom. The Hall–Kier alpha value is -8.21. The molecule has 61 heavy (non-hydrogen) atoms. The van der Waals surface area contributed by atoms with E-state index in [0.29, 0.717) is 5.82 Å². The van der Waals surface area contributed by atoms with Crippen LogP contribution in [0.3, 0.4) is 0 Å². The molecule has 0 fully saturated rings. The van der Waals surface area contributed by atoms with E-state index in [-0.39, 0.29) is 0 Å². The van der Waals surface area contributed by atoms with Crippen LogP contribution < -0.4 is 0 Å². The molecule has 0 bridgehead atoms. The summed E-state index contributed by atoms with van der Waals surface area (Å²) < 4.78 is 6.97. The Balaban J connectivity index is 1.06. The monoisotopic (exact) mass is 779 g/mol. The van der Waals surface area contributed by atoms with E-state index in [1.807, 2.05) is 36.4 Å². The number of nitrogens with zero attached hydrogens (tertiary/aromatic N) is 3. The summed E-state index contributed by atoms with van der Waals surface area (Å²) in [7, 11) is 0. The maximum atomic E-state index is 6.97. The normalized spacial score (nSPS) is 11.3. The van der Waals surface area contributed by atoms with Gasteiger partial charge in [-0.05, 0) is 46.0 Å². The minimum Gasteiger partial charge on any atom is -0.455 e. The fraction of sp³-hybridized carbons (Fsp3) is 0. The van der Waals surface area contributed by atoms with Gasteiger partial charge in [0.25, 0.3) is 0 Å². The second-order valence-electron chi connectivity index (χ2n) is 15.1. The second kappa shape index (κ2) is 15.5. The zero-order valence-corrected chi connectivity index (χ0v) is 33.1. The van der Waals surface area contributed by atoms with E-state index in [9.17, 15) is 0 Å². The van der Waals surface area contributed by atoms with Crippen molar-refractivity contribution in [1.29, 1.82) is 0 Å². The van der Waals surface area contributed by atoms with Gasteiger partial charge in [0, 0.05) is 38.8 Å². The molecule has 8 aromatic carbocycles. The van der Waals surface area contributed by atoms with Gasteiger partial charge in [-0.2, -0.15) is 0 Å². The van der Waals surface area contributed by atoms with Gasteiger partial charge in [-0.1, -0.05) is 206 Å². The first kappa shape index (κ1) is 35.9. The number of hydrogen-bond acceptors (Lipinski definition) is 4. The highest BCUT2D eigenvalue weighted by Crippen LogP contribution is 2.47. The molecule has 4 heteroatoms. The molecule has 0 aliphatic rings. The standard InChI is InChI=1S/C57H37N3O/c1-5-15-38(16-6-1)40-25-29-42(30-26-40)50-37-51(60-57(59-50)47-35-27-41(28-36-47)39-17-7-2-8-18-39)43-31-33-44(34-32-43)52-53-54(45-19-9-3-10-20-45)58-49-24-14-13-23-48(49)56(53)61-55(52)46-21-11-4-12-22-46/h1-37H. The van der Waals surface area contributed by atoms with Gasteiger partial charge in [-0.3, -0.25) is 0 Å².